The van der Waals surface area contributed by atoms with Crippen LogP contribution in [-0.2, 0) is 13.0 Å². The second-order valence-electron chi connectivity index (χ2n) is 5.55. The Hall–Kier alpha value is -0.830. The maximum atomic E-state index is 9.64. The summed E-state index contributed by atoms with van der Waals surface area (Å²) in [6, 6.07) is 5.23. The van der Waals surface area contributed by atoms with Crippen molar-refractivity contribution in [2.75, 3.05) is 5.32 Å². The molecule has 0 unspecified atom stereocenters. The van der Waals surface area contributed by atoms with Gasteiger partial charge in [-0.1, -0.05) is 11.6 Å². The highest BCUT2D eigenvalue weighted by atomic mass is 79.9. The molecule has 0 saturated heterocycles. The second kappa shape index (κ2) is 8.70. The van der Waals surface area contributed by atoms with E-state index in [0.29, 0.717) is 18.1 Å². The molecule has 5 nitrogen and oxygen atoms in total. The molecule has 0 amide bonds. The highest BCUT2D eigenvalue weighted by molar-refractivity contribution is 9.10. The molecule has 0 fully saturated rings. The number of halogens is 3. The molecule has 0 radical (unpaired) electrons. The molecule has 25 heavy (non-hydrogen) atoms. The lowest BCUT2D eigenvalue weighted by Gasteiger charge is -2.13. The lowest BCUT2D eigenvalue weighted by atomic mass is 10.1. The summed E-state index contributed by atoms with van der Waals surface area (Å²) in [6.07, 6.45) is 1.63. The summed E-state index contributed by atoms with van der Waals surface area (Å²) in [7, 11) is 0. The van der Waals surface area contributed by atoms with Crippen molar-refractivity contribution in [1.29, 1.82) is 0 Å². The third-order valence-electron chi connectivity index (χ3n) is 3.69. The van der Waals surface area contributed by atoms with Crippen LogP contribution >= 0.6 is 51.3 Å². The van der Waals surface area contributed by atoms with E-state index in [1.54, 1.807) is 30.6 Å². The van der Waals surface area contributed by atoms with Gasteiger partial charge < -0.3 is 20.6 Å². The lowest BCUT2D eigenvalue weighted by molar-refractivity contribution is 0.163. The molecule has 0 aliphatic heterocycles. The topological polar surface area (TPSA) is 84.3 Å². The number of aliphatic hydroxyl groups is 1. The monoisotopic (exact) mass is 465 g/mol. The Balaban J connectivity index is 0.00000225. The van der Waals surface area contributed by atoms with Crippen LogP contribution in [0.25, 0.3) is 10.2 Å². The lowest BCUT2D eigenvalue weighted by Crippen LogP contribution is -2.34. The number of nitrogens with two attached hydrogens (primary N) is 1. The molecule has 3 rings (SSSR count). The highest BCUT2D eigenvalue weighted by Crippen LogP contribution is 2.40. The van der Waals surface area contributed by atoms with E-state index in [4.69, 9.17) is 21.8 Å². The van der Waals surface area contributed by atoms with Crippen LogP contribution in [0.4, 0.5) is 5.69 Å². The number of anilines is 1. The Morgan fingerprint density at radius 1 is 1.52 bits per heavy atom. The maximum absolute atomic E-state index is 9.64. The van der Waals surface area contributed by atoms with Crippen LogP contribution in [0, 0.1) is 0 Å². The third-order valence-corrected chi connectivity index (χ3v) is 6.24. The summed E-state index contributed by atoms with van der Waals surface area (Å²) in [6.45, 7) is 2.25. The number of furan rings is 1. The Bertz CT molecular complexity index is 840. The number of aromatic nitrogens is 1. The van der Waals surface area contributed by atoms with E-state index in [0.717, 1.165) is 31.0 Å². The molecule has 9 heteroatoms. The smallest absolute Gasteiger partial charge is 0.131 e. The van der Waals surface area contributed by atoms with Crippen molar-refractivity contribution < 1.29 is 9.52 Å². The van der Waals surface area contributed by atoms with E-state index < -0.39 is 6.10 Å². The van der Waals surface area contributed by atoms with E-state index >= 15 is 0 Å². The van der Waals surface area contributed by atoms with Gasteiger partial charge in [-0.15, -0.1) is 23.7 Å². The van der Waals surface area contributed by atoms with Gasteiger partial charge in [0.25, 0.3) is 0 Å². The van der Waals surface area contributed by atoms with E-state index in [9.17, 15) is 5.11 Å². The molecule has 0 aromatic carbocycles. The van der Waals surface area contributed by atoms with Gasteiger partial charge in [0.2, 0.25) is 0 Å². The summed E-state index contributed by atoms with van der Waals surface area (Å²) in [5.74, 6) is 0.836. The molecular formula is C16H18BrCl2N3O2S. The van der Waals surface area contributed by atoms with E-state index in [2.05, 4.69) is 26.2 Å². The molecule has 0 aliphatic carbocycles. The van der Waals surface area contributed by atoms with Gasteiger partial charge in [-0.05, 0) is 35.0 Å². The maximum Gasteiger partial charge on any atom is 0.131 e. The van der Waals surface area contributed by atoms with Gasteiger partial charge in [-0.2, -0.15) is 0 Å². The highest BCUT2D eigenvalue weighted by Gasteiger charge is 2.19. The van der Waals surface area contributed by atoms with Crippen molar-refractivity contribution >= 4 is 67.2 Å². The zero-order chi connectivity index (χ0) is 17.3. The van der Waals surface area contributed by atoms with Gasteiger partial charge in [-0.3, -0.25) is 0 Å². The zero-order valence-electron chi connectivity index (χ0n) is 13.3. The minimum atomic E-state index is -0.574. The van der Waals surface area contributed by atoms with Crippen LogP contribution in [0.5, 0.6) is 0 Å². The summed E-state index contributed by atoms with van der Waals surface area (Å²) in [4.78, 5) is 5.45. The number of thiophene rings is 1. The van der Waals surface area contributed by atoms with Gasteiger partial charge in [-0.25, -0.2) is 4.98 Å². The van der Waals surface area contributed by atoms with Crippen molar-refractivity contribution in [3.8, 4) is 0 Å². The first-order valence-corrected chi connectivity index (χ1v) is 9.41. The van der Waals surface area contributed by atoms with Crippen LogP contribution in [0.3, 0.4) is 0 Å². The average Bonchev–Trinajstić information content (AvgIpc) is 3.15. The molecule has 0 bridgehead atoms. The summed E-state index contributed by atoms with van der Waals surface area (Å²) < 4.78 is 7.21. The summed E-state index contributed by atoms with van der Waals surface area (Å²) in [5, 5.41) is 13.4. The first-order chi connectivity index (χ1) is 11.5. The molecule has 3 heterocycles. The number of hydrogen-bond donors (Lipinski definition) is 3. The van der Waals surface area contributed by atoms with Crippen molar-refractivity contribution in [2.24, 2.45) is 5.73 Å². The molecule has 2 atom stereocenters. The number of nitrogens with one attached hydrogen (secondary N) is 1. The quantitative estimate of drug-likeness (QED) is 0.462. The number of rotatable bonds is 6. The van der Waals surface area contributed by atoms with Gasteiger partial charge in [0.05, 0.1) is 39.3 Å². The molecule has 0 spiro atoms. The number of aliphatic hydroxyl groups excluding tert-OH is 1. The molecule has 0 saturated carbocycles. The molecule has 3 aromatic heterocycles. The first kappa shape index (κ1) is 20.5. The van der Waals surface area contributed by atoms with E-state index in [1.165, 1.54) is 0 Å². The standard InChI is InChI=1S/C16H17BrClN3O2S.ClH/c1-8(22)10(19)5-12-14(17)15-16(24-12)11(6-13(18)21-15)20-7-9-3-2-4-23-9;/h2-4,6,8,10,22H,5,7,19H2,1H3,(H,20,21);1H/t8-,10-;/m1./s1. The predicted molar refractivity (Wildman–Crippen MR) is 109 cm³/mol. The van der Waals surface area contributed by atoms with E-state index in [-0.39, 0.29) is 18.4 Å². The predicted octanol–water partition coefficient (Wildman–Crippen LogP) is 4.59. The fourth-order valence-corrected chi connectivity index (χ4v) is 4.51. The largest absolute Gasteiger partial charge is 0.467 e. The SMILES string of the molecule is C[C@@H](O)[C@H](N)Cc1sc2c(NCc3ccco3)cc(Cl)nc2c1Br.Cl. The Kier molecular flexibility index (Phi) is 7.13. The zero-order valence-corrected chi connectivity index (χ0v) is 17.3. The average molecular weight is 467 g/mol. The fraction of sp³-hybridized carbons (Fsp3) is 0.312. The van der Waals surface area contributed by atoms with Crippen molar-refractivity contribution in [3.63, 3.8) is 0 Å². The molecule has 136 valence electrons. The van der Waals surface area contributed by atoms with Gasteiger partial charge in [0, 0.05) is 23.4 Å². The number of fused-ring (bicyclic) bond motifs is 1. The summed E-state index contributed by atoms with van der Waals surface area (Å²) in [5.41, 5.74) is 7.68. The molecule has 0 aliphatic rings. The fourth-order valence-electron chi connectivity index (χ4n) is 2.30. The Morgan fingerprint density at radius 2 is 2.28 bits per heavy atom. The third kappa shape index (κ3) is 4.67. The van der Waals surface area contributed by atoms with E-state index in [1.807, 2.05) is 12.1 Å². The molecule has 3 aromatic rings. The second-order valence-corrected chi connectivity index (χ2v) is 7.84. The molecular weight excluding hydrogens is 449 g/mol. The first-order valence-electron chi connectivity index (χ1n) is 7.43. The van der Waals surface area contributed by atoms with Crippen LogP contribution in [0.15, 0.2) is 33.4 Å². The van der Waals surface area contributed by atoms with Gasteiger partial charge in [0.15, 0.2) is 0 Å². The van der Waals surface area contributed by atoms with Crippen molar-refractivity contribution in [3.05, 3.63) is 44.7 Å². The van der Waals surface area contributed by atoms with Crippen LogP contribution in [0.1, 0.15) is 17.6 Å². The summed E-state index contributed by atoms with van der Waals surface area (Å²) >= 11 is 11.3. The van der Waals surface area contributed by atoms with Gasteiger partial charge in [0.1, 0.15) is 10.9 Å². The van der Waals surface area contributed by atoms with Crippen molar-refractivity contribution in [1.82, 2.24) is 4.98 Å². The minimum absolute atomic E-state index is 0. The Morgan fingerprint density at radius 3 is 2.92 bits per heavy atom. The molecule has 4 N–H and O–H groups in total. The number of hydrogen-bond acceptors (Lipinski definition) is 6. The normalized spacial score (nSPS) is 13.5. The van der Waals surface area contributed by atoms with Crippen LogP contribution in [-0.4, -0.2) is 22.2 Å². The van der Waals surface area contributed by atoms with Crippen LogP contribution < -0.4 is 11.1 Å². The minimum Gasteiger partial charge on any atom is -0.467 e. The van der Waals surface area contributed by atoms with Crippen molar-refractivity contribution in [2.45, 2.75) is 32.0 Å². The number of pyridine rings is 1. The Labute approximate surface area is 169 Å². The number of nitrogens with zero attached hydrogens (tertiary/aromatic N) is 1. The van der Waals surface area contributed by atoms with Gasteiger partial charge >= 0.3 is 0 Å². The van der Waals surface area contributed by atoms with Crippen LogP contribution in [0.2, 0.25) is 5.15 Å².